The molecule has 0 aliphatic carbocycles. The predicted molar refractivity (Wildman–Crippen MR) is 70.4 cm³/mol. The summed E-state index contributed by atoms with van der Waals surface area (Å²) in [5.74, 6) is -0.489. The van der Waals surface area contributed by atoms with Gasteiger partial charge in [0.15, 0.2) is 0 Å². The number of benzene rings is 1. The Kier molecular flexibility index (Phi) is 6.20. The van der Waals surface area contributed by atoms with Gasteiger partial charge in [0.2, 0.25) is 5.91 Å². The number of ether oxygens (including phenoxy) is 1. The second-order valence-electron chi connectivity index (χ2n) is 4.21. The first kappa shape index (κ1) is 17.0. The summed E-state index contributed by atoms with van der Waals surface area (Å²) < 4.78 is 53.6. The highest BCUT2D eigenvalue weighted by Crippen LogP contribution is 2.28. The molecule has 21 heavy (non-hydrogen) atoms. The van der Waals surface area contributed by atoms with E-state index in [1.165, 1.54) is 25.1 Å². The second kappa shape index (κ2) is 7.66. The van der Waals surface area contributed by atoms with Crippen LogP contribution in [0.2, 0.25) is 0 Å². The molecular weight excluding hydrogens is 290 g/mol. The van der Waals surface area contributed by atoms with Crippen molar-refractivity contribution in [2.75, 3.05) is 6.54 Å². The van der Waals surface area contributed by atoms with Crippen LogP contribution in [-0.4, -0.2) is 25.0 Å². The smallest absolute Gasteiger partial charge is 0.428 e. The van der Waals surface area contributed by atoms with Gasteiger partial charge in [0.1, 0.15) is 5.75 Å². The molecule has 0 heterocycles. The molecule has 0 aliphatic heterocycles. The average molecular weight is 305 g/mol. The van der Waals surface area contributed by atoms with Crippen LogP contribution >= 0.6 is 0 Å². The van der Waals surface area contributed by atoms with Gasteiger partial charge in [-0.05, 0) is 24.1 Å². The van der Waals surface area contributed by atoms with Crippen LogP contribution < -0.4 is 10.1 Å². The van der Waals surface area contributed by atoms with E-state index in [-0.39, 0.29) is 11.7 Å². The van der Waals surface area contributed by atoms with E-state index in [0.717, 1.165) is 0 Å². The molecule has 1 aromatic carbocycles. The Morgan fingerprint density at radius 1 is 1.43 bits per heavy atom. The molecule has 116 valence electrons. The summed E-state index contributed by atoms with van der Waals surface area (Å²) >= 11 is 0. The Balaban J connectivity index is 2.60. The second-order valence-corrected chi connectivity index (χ2v) is 4.21. The van der Waals surface area contributed by atoms with Gasteiger partial charge < -0.3 is 10.1 Å². The fourth-order valence-electron chi connectivity index (χ4n) is 1.43. The van der Waals surface area contributed by atoms with E-state index in [4.69, 9.17) is 0 Å². The van der Waals surface area contributed by atoms with Gasteiger partial charge in [-0.15, -0.1) is 0 Å². The zero-order valence-corrected chi connectivity index (χ0v) is 11.3. The molecule has 1 rings (SSSR count). The number of halogens is 4. The van der Waals surface area contributed by atoms with E-state index in [0.29, 0.717) is 18.5 Å². The maximum absolute atomic E-state index is 12.8. The third kappa shape index (κ3) is 6.29. The molecule has 0 unspecified atom stereocenters. The molecule has 3 nitrogen and oxygen atoms in total. The van der Waals surface area contributed by atoms with Crippen molar-refractivity contribution in [1.29, 1.82) is 0 Å². The van der Waals surface area contributed by atoms with Gasteiger partial charge in [0.05, 0.1) is 0 Å². The normalized spacial score (nSPS) is 11.9. The van der Waals surface area contributed by atoms with Gasteiger partial charge in [-0.25, -0.2) is 0 Å². The summed E-state index contributed by atoms with van der Waals surface area (Å²) in [6.07, 6.45) is -4.52. The predicted octanol–water partition coefficient (Wildman–Crippen LogP) is 3.46. The summed E-state index contributed by atoms with van der Waals surface area (Å²) in [5, 5.41) is 2.59. The minimum Gasteiger partial charge on any atom is -0.428 e. The lowest BCUT2D eigenvalue weighted by Crippen LogP contribution is -2.33. The van der Waals surface area contributed by atoms with E-state index < -0.39 is 12.5 Å². The Morgan fingerprint density at radius 2 is 2.14 bits per heavy atom. The zero-order chi connectivity index (χ0) is 15.9. The molecule has 0 bridgehead atoms. The zero-order valence-electron chi connectivity index (χ0n) is 11.3. The highest BCUT2D eigenvalue weighted by Gasteiger charge is 2.43. The molecule has 1 N–H and O–H groups in total. The Hall–Kier alpha value is -2.05. The fourth-order valence-corrected chi connectivity index (χ4v) is 1.43. The van der Waals surface area contributed by atoms with Gasteiger partial charge in [0, 0.05) is 13.5 Å². The minimum atomic E-state index is -4.52. The maximum Gasteiger partial charge on any atom is 0.461 e. The minimum absolute atomic E-state index is 0.145. The quantitative estimate of drug-likeness (QED) is 0.619. The largest absolute Gasteiger partial charge is 0.461 e. The lowest BCUT2D eigenvalue weighted by molar-refractivity contribution is -0.253. The van der Waals surface area contributed by atoms with Crippen molar-refractivity contribution in [3.8, 4) is 5.75 Å². The first-order valence-corrected chi connectivity index (χ1v) is 6.17. The lowest BCUT2D eigenvalue weighted by Gasteiger charge is -2.16. The SMILES string of the molecule is CC(=O)NCCC=Cc1cccc(OC(F)(F)C(F)F)c1. The highest BCUT2D eigenvalue weighted by atomic mass is 19.3. The molecule has 0 radical (unpaired) electrons. The van der Waals surface area contributed by atoms with Crippen LogP contribution in [-0.2, 0) is 4.79 Å². The molecule has 0 spiro atoms. The molecule has 0 aromatic heterocycles. The number of amides is 1. The summed E-state index contributed by atoms with van der Waals surface area (Å²) in [5.41, 5.74) is 0.528. The third-order valence-electron chi connectivity index (χ3n) is 2.36. The van der Waals surface area contributed by atoms with Crippen LogP contribution in [0.25, 0.3) is 6.08 Å². The Bertz CT molecular complexity index is 504. The molecule has 0 fully saturated rings. The summed E-state index contributed by atoms with van der Waals surface area (Å²) in [6.45, 7) is 1.85. The van der Waals surface area contributed by atoms with Crippen LogP contribution in [0.1, 0.15) is 18.9 Å². The molecule has 0 aliphatic rings. The van der Waals surface area contributed by atoms with Gasteiger partial charge in [-0.1, -0.05) is 24.3 Å². The number of hydrogen-bond acceptors (Lipinski definition) is 2. The summed E-state index contributed by atoms with van der Waals surface area (Å²) in [7, 11) is 0. The van der Waals surface area contributed by atoms with Gasteiger partial charge >= 0.3 is 12.5 Å². The Labute approximate surface area is 119 Å². The van der Waals surface area contributed by atoms with Crippen molar-refractivity contribution < 1.29 is 27.1 Å². The number of rotatable bonds is 7. The first-order chi connectivity index (χ1) is 9.81. The first-order valence-electron chi connectivity index (χ1n) is 6.17. The van der Waals surface area contributed by atoms with E-state index in [1.807, 2.05) is 0 Å². The monoisotopic (exact) mass is 305 g/mol. The third-order valence-corrected chi connectivity index (χ3v) is 2.36. The molecule has 1 amide bonds. The van der Waals surface area contributed by atoms with E-state index in [9.17, 15) is 22.4 Å². The van der Waals surface area contributed by atoms with Crippen molar-refractivity contribution in [2.45, 2.75) is 25.9 Å². The van der Waals surface area contributed by atoms with E-state index in [1.54, 1.807) is 18.2 Å². The molecule has 0 saturated carbocycles. The fraction of sp³-hybridized carbons (Fsp3) is 0.357. The maximum atomic E-state index is 12.8. The van der Waals surface area contributed by atoms with Crippen molar-refractivity contribution in [1.82, 2.24) is 5.32 Å². The molecule has 1 aromatic rings. The van der Waals surface area contributed by atoms with E-state index >= 15 is 0 Å². The van der Waals surface area contributed by atoms with Crippen LogP contribution in [0.3, 0.4) is 0 Å². The van der Waals surface area contributed by atoms with Crippen molar-refractivity contribution in [3.05, 3.63) is 35.9 Å². The van der Waals surface area contributed by atoms with Crippen molar-refractivity contribution in [3.63, 3.8) is 0 Å². The highest BCUT2D eigenvalue weighted by molar-refractivity contribution is 5.72. The molecule has 0 atom stereocenters. The van der Waals surface area contributed by atoms with Crippen LogP contribution in [0.4, 0.5) is 17.6 Å². The molecular formula is C14H15F4NO2. The average Bonchev–Trinajstić information content (AvgIpc) is 2.37. The van der Waals surface area contributed by atoms with Gasteiger partial charge in [-0.2, -0.15) is 17.6 Å². The van der Waals surface area contributed by atoms with Gasteiger partial charge in [-0.3, -0.25) is 4.79 Å². The van der Waals surface area contributed by atoms with E-state index in [2.05, 4.69) is 10.1 Å². The number of carbonyl (C=O) groups excluding carboxylic acids is 1. The topological polar surface area (TPSA) is 38.3 Å². The summed E-state index contributed by atoms with van der Waals surface area (Å²) in [6, 6.07) is 5.43. The van der Waals surface area contributed by atoms with Crippen LogP contribution in [0.15, 0.2) is 30.3 Å². The molecule has 7 heteroatoms. The van der Waals surface area contributed by atoms with Gasteiger partial charge in [0.25, 0.3) is 0 Å². The number of alkyl halides is 4. The Morgan fingerprint density at radius 3 is 2.76 bits per heavy atom. The summed E-state index contributed by atoms with van der Waals surface area (Å²) in [4.78, 5) is 10.6. The van der Waals surface area contributed by atoms with Crippen molar-refractivity contribution in [2.24, 2.45) is 0 Å². The molecule has 0 saturated heterocycles. The number of nitrogens with one attached hydrogen (secondary N) is 1. The number of hydrogen-bond donors (Lipinski definition) is 1. The van der Waals surface area contributed by atoms with Crippen LogP contribution in [0, 0.1) is 0 Å². The standard InChI is InChI=1S/C14H15F4NO2/c1-10(20)19-8-3-2-5-11-6-4-7-12(9-11)21-14(17,18)13(15)16/h2,4-7,9,13H,3,8H2,1H3,(H,19,20). The lowest BCUT2D eigenvalue weighted by atomic mass is 10.2. The number of carbonyl (C=O) groups is 1. The van der Waals surface area contributed by atoms with Crippen molar-refractivity contribution >= 4 is 12.0 Å². The van der Waals surface area contributed by atoms with Crippen LogP contribution in [0.5, 0.6) is 5.75 Å².